The van der Waals surface area contributed by atoms with E-state index in [0.29, 0.717) is 34.7 Å². The van der Waals surface area contributed by atoms with E-state index in [4.69, 9.17) is 20.4 Å². The van der Waals surface area contributed by atoms with Crippen molar-refractivity contribution in [3.05, 3.63) is 82.5 Å². The van der Waals surface area contributed by atoms with Crippen LogP contribution in [0.25, 0.3) is 41.6 Å². The zero-order valence-corrected chi connectivity index (χ0v) is 44.9. The van der Waals surface area contributed by atoms with E-state index in [0.717, 1.165) is 115 Å². The maximum Gasteiger partial charge on any atom is 0.407 e. The molecule has 12 heteroatoms. The lowest BCUT2D eigenvalue weighted by Crippen LogP contribution is -2.37. The van der Waals surface area contributed by atoms with Crippen LogP contribution in [-0.4, -0.2) is 74.0 Å². The molecule has 6 aliphatic carbocycles. The van der Waals surface area contributed by atoms with Crippen LogP contribution in [0.1, 0.15) is 86.3 Å². The van der Waals surface area contributed by atoms with Crippen LogP contribution in [0.2, 0.25) is 0 Å². The Morgan fingerprint density at radius 2 is 1.10 bits per heavy atom. The predicted molar refractivity (Wildman–Crippen MR) is 289 cm³/mol. The van der Waals surface area contributed by atoms with Gasteiger partial charge in [-0.3, -0.25) is 0 Å². The highest BCUT2D eigenvalue weighted by Gasteiger charge is 2.71. The number of fused-ring (bicyclic) bond motifs is 8. The molecular formula is C59H72N8O2S2+2. The van der Waals surface area contributed by atoms with Crippen molar-refractivity contribution in [3.8, 4) is 21.1 Å². The lowest BCUT2D eigenvalue weighted by atomic mass is 9.87. The number of hydrogen-bond acceptors (Lipinski definition) is 9. The topological polar surface area (TPSA) is 103 Å². The Labute approximate surface area is 426 Å². The number of amides is 1. The van der Waals surface area contributed by atoms with Crippen molar-refractivity contribution >= 4 is 60.6 Å². The summed E-state index contributed by atoms with van der Waals surface area (Å²) in [6, 6.07) is 23.1. The van der Waals surface area contributed by atoms with E-state index in [1.165, 1.54) is 72.7 Å². The first-order valence-corrected chi connectivity index (χ1v) is 28.5. The van der Waals surface area contributed by atoms with Gasteiger partial charge in [-0.25, -0.2) is 23.9 Å². The molecule has 370 valence electrons. The third-order valence-corrected chi connectivity index (χ3v) is 23.0. The molecule has 0 bridgehead atoms. The number of hydrogen-bond donors (Lipinski definition) is 2. The molecule has 6 aliphatic heterocycles. The number of anilines is 2. The first kappa shape index (κ1) is 45.0. The molecule has 3 N–H and O–H groups in total. The number of nitrogens with one attached hydrogen (secondary N) is 1. The fourth-order valence-corrected chi connectivity index (χ4v) is 17.5. The van der Waals surface area contributed by atoms with Crippen LogP contribution in [0, 0.1) is 69.0 Å². The maximum atomic E-state index is 12.8. The fourth-order valence-electron chi connectivity index (χ4n) is 15.5. The molecule has 0 spiro atoms. The van der Waals surface area contributed by atoms with Crippen LogP contribution in [0.3, 0.4) is 0 Å². The van der Waals surface area contributed by atoms with Crippen LogP contribution in [0.15, 0.2) is 60.7 Å². The Morgan fingerprint density at radius 1 is 0.648 bits per heavy atom. The van der Waals surface area contributed by atoms with Crippen molar-refractivity contribution in [2.75, 3.05) is 62.2 Å². The van der Waals surface area contributed by atoms with Gasteiger partial charge in [0.2, 0.25) is 10.7 Å². The molecule has 4 saturated heterocycles. The molecule has 4 saturated carbocycles. The second-order valence-corrected chi connectivity index (χ2v) is 28.5. The average molecular weight is 989 g/mol. The van der Waals surface area contributed by atoms with Gasteiger partial charge in [0.1, 0.15) is 31.8 Å². The molecule has 6 heterocycles. The quantitative estimate of drug-likeness (QED) is 0.116. The van der Waals surface area contributed by atoms with E-state index in [1.807, 2.05) is 43.4 Å². The third kappa shape index (κ3) is 7.09. The average Bonchev–Trinajstić information content (AvgIpc) is 3.95. The molecule has 8 fully saturated rings. The number of ether oxygens (including phenoxy) is 1. The number of carbonyl (C=O) groups excluding carboxylic acids is 1. The lowest BCUT2D eigenvalue weighted by molar-refractivity contribution is 0.0523. The first-order valence-electron chi connectivity index (χ1n) is 26.9. The number of nitrogens with two attached hydrogens (primary N) is 1. The fraction of sp³-hybridized carbons (Fsp3) is 0.576. The summed E-state index contributed by atoms with van der Waals surface area (Å²) in [6.07, 6.45) is 2.29. The Kier molecular flexibility index (Phi) is 9.50. The van der Waals surface area contributed by atoms with Gasteiger partial charge >= 0.3 is 6.09 Å². The summed E-state index contributed by atoms with van der Waals surface area (Å²) in [7, 11) is 0. The van der Waals surface area contributed by atoms with E-state index < -0.39 is 5.60 Å². The van der Waals surface area contributed by atoms with Gasteiger partial charge in [-0.05, 0) is 127 Å². The molecule has 1 amide bonds. The number of aromatic nitrogens is 2. The number of piperidine rings is 4. The van der Waals surface area contributed by atoms with E-state index in [-0.39, 0.29) is 6.09 Å². The van der Waals surface area contributed by atoms with Gasteiger partial charge in [0.05, 0.1) is 48.1 Å². The minimum Gasteiger partial charge on any atom is -0.444 e. The standard InChI is InChI=1S/C59H71N8O2S2/c1-55(2,3)69-54(68)61-23-33-17-47-53(21-49(33)66-26-38-39(27-66)57(38,6)7)71-51-19-35(11-13-45(51)63-47)65-28-40-41(29-65)58(40,8)14-15-59(9)42-30-67(31-43(42)59)48-20-52-46(16-32(48)22-60)62-44-12-10-34(18-50(44)70-52)64-24-36-37(25-64)56(36,4)5/h10-13,16-21,36-43H,14-15,22-31,60H2,1-9H3/q+1/p+1. The monoisotopic (exact) mass is 989 g/mol. The van der Waals surface area contributed by atoms with Crippen molar-refractivity contribution in [3.63, 3.8) is 0 Å². The number of alkyl carbamates (subject to hydrolysis) is 1. The summed E-state index contributed by atoms with van der Waals surface area (Å²) in [5, 5.41) is 5.59. The van der Waals surface area contributed by atoms with Gasteiger partial charge in [0, 0.05) is 91.0 Å². The SMILES string of the molecule is CC(C)(C)OC(=O)NCc1cc2nc3ccc(N4CC5C(C4)C5(C)CCC4(C)C5C[N+](=c6cc7sc8cc(N9CC%10C(C9)C%10(C)C)ccc8nc-7cc6CN)CC54)cc3sc-2cc1=[N+]1CC2C(C1)C2(C)C. The van der Waals surface area contributed by atoms with Gasteiger partial charge in [-0.15, -0.1) is 22.7 Å². The van der Waals surface area contributed by atoms with E-state index in [1.54, 1.807) is 0 Å². The van der Waals surface area contributed by atoms with Crippen LogP contribution in [-0.2, 0) is 17.8 Å². The third-order valence-electron chi connectivity index (χ3n) is 20.8. The van der Waals surface area contributed by atoms with E-state index in [9.17, 15) is 4.79 Å². The molecular weight excluding hydrogens is 917 g/mol. The van der Waals surface area contributed by atoms with E-state index in [2.05, 4.69) is 126 Å². The van der Waals surface area contributed by atoms with E-state index >= 15 is 0 Å². The zero-order valence-electron chi connectivity index (χ0n) is 43.3. The lowest BCUT2D eigenvalue weighted by Gasteiger charge is -2.27. The van der Waals surface area contributed by atoms with Crippen LogP contribution in [0.5, 0.6) is 0 Å². The molecule has 0 aromatic heterocycles. The Bertz CT molecular complexity index is 3290. The predicted octanol–water partition coefficient (Wildman–Crippen LogP) is 9.34. The molecule has 10 nitrogen and oxygen atoms in total. The van der Waals surface area contributed by atoms with Crippen LogP contribution < -0.4 is 40.7 Å². The van der Waals surface area contributed by atoms with Crippen molar-refractivity contribution in [2.45, 2.75) is 93.8 Å². The summed E-state index contributed by atoms with van der Waals surface area (Å²) in [5.74, 6) is 6.17. The highest BCUT2D eigenvalue weighted by atomic mass is 32.1. The summed E-state index contributed by atoms with van der Waals surface area (Å²) in [5.41, 5.74) is 16.9. The Balaban J connectivity index is 0.645. The minimum absolute atomic E-state index is 0.388. The highest BCUT2D eigenvalue weighted by Crippen LogP contribution is 2.70. The molecule has 12 aliphatic rings. The zero-order chi connectivity index (χ0) is 48.9. The van der Waals surface area contributed by atoms with Crippen molar-refractivity contribution < 1.29 is 9.53 Å². The van der Waals surface area contributed by atoms with Crippen molar-refractivity contribution in [2.24, 2.45) is 74.7 Å². The van der Waals surface area contributed by atoms with Crippen molar-refractivity contribution in [1.29, 1.82) is 0 Å². The Morgan fingerprint density at radius 3 is 1.61 bits per heavy atom. The van der Waals surface area contributed by atoms with Gasteiger partial charge in [0.15, 0.2) is 0 Å². The molecule has 71 heavy (non-hydrogen) atoms. The second kappa shape index (κ2) is 15.0. The maximum absolute atomic E-state index is 12.8. The first-order chi connectivity index (χ1) is 33.8. The van der Waals surface area contributed by atoms with Crippen LogP contribution >= 0.6 is 22.7 Å². The minimum atomic E-state index is -0.545. The Hall–Kier alpha value is -4.65. The van der Waals surface area contributed by atoms with Gasteiger partial charge in [-0.2, -0.15) is 0 Å². The summed E-state index contributed by atoms with van der Waals surface area (Å²) in [6.45, 7) is 30.6. The normalized spacial score (nSPS) is 32.4. The molecule has 2 aromatic carbocycles. The molecule has 0 radical (unpaired) electrons. The van der Waals surface area contributed by atoms with Gasteiger partial charge in [0.25, 0.3) is 0 Å². The number of rotatable bonds is 8. The van der Waals surface area contributed by atoms with Crippen LogP contribution in [0.4, 0.5) is 16.2 Å². The number of carbonyl (C=O) groups is 1. The summed E-state index contributed by atoms with van der Waals surface area (Å²) < 4.78 is 13.3. The van der Waals surface area contributed by atoms with Crippen molar-refractivity contribution in [1.82, 2.24) is 24.4 Å². The second-order valence-electron chi connectivity index (χ2n) is 26.3. The molecule has 8 unspecified atom stereocenters. The van der Waals surface area contributed by atoms with Gasteiger partial charge in [-0.1, -0.05) is 41.5 Å². The molecule has 8 atom stereocenters. The number of nitrogens with zero attached hydrogens (tertiary/aromatic N) is 6. The molecule has 14 rings (SSSR count). The largest absolute Gasteiger partial charge is 0.444 e. The highest BCUT2D eigenvalue weighted by molar-refractivity contribution is 7.21. The summed E-state index contributed by atoms with van der Waals surface area (Å²) in [4.78, 5) is 30.9. The smallest absolute Gasteiger partial charge is 0.407 e. The number of benzene rings is 4. The van der Waals surface area contributed by atoms with Gasteiger partial charge < -0.3 is 25.6 Å². The molecule has 2 aromatic rings. The summed E-state index contributed by atoms with van der Waals surface area (Å²) >= 11 is 3.75.